The Morgan fingerprint density at radius 3 is 2.20 bits per heavy atom. The van der Waals surface area contributed by atoms with E-state index in [1.165, 1.54) is 12.1 Å². The normalized spacial score (nSPS) is 11.0. The minimum Gasteiger partial charge on any atom is -0.494 e. The Morgan fingerprint density at radius 2 is 1.53 bits per heavy atom. The summed E-state index contributed by atoms with van der Waals surface area (Å²) in [6.45, 7) is 2.45. The number of nitrogens with one attached hydrogen (secondary N) is 2. The van der Waals surface area contributed by atoms with Crippen LogP contribution >= 0.6 is 0 Å². The molecule has 0 saturated carbocycles. The Bertz CT molecular complexity index is 1060. The van der Waals surface area contributed by atoms with E-state index in [4.69, 9.17) is 4.74 Å². The second kappa shape index (κ2) is 9.93. The molecular formula is C23H24N2O4S. The molecule has 30 heavy (non-hydrogen) atoms. The first kappa shape index (κ1) is 21.4. The molecule has 0 aromatic heterocycles. The van der Waals surface area contributed by atoms with Gasteiger partial charge in [-0.25, -0.2) is 8.42 Å². The summed E-state index contributed by atoms with van der Waals surface area (Å²) >= 11 is 0. The average Bonchev–Trinajstić information content (AvgIpc) is 2.73. The molecule has 7 heteroatoms. The molecule has 0 aliphatic carbocycles. The third kappa shape index (κ3) is 6.35. The van der Waals surface area contributed by atoms with Crippen LogP contribution in [0.3, 0.4) is 0 Å². The van der Waals surface area contributed by atoms with Crippen molar-refractivity contribution in [2.45, 2.75) is 24.7 Å². The first-order valence-electron chi connectivity index (χ1n) is 9.60. The van der Waals surface area contributed by atoms with Crippen LogP contribution in [-0.4, -0.2) is 20.9 Å². The van der Waals surface area contributed by atoms with Gasteiger partial charge >= 0.3 is 0 Å². The molecule has 156 valence electrons. The van der Waals surface area contributed by atoms with Crippen LogP contribution in [0.1, 0.15) is 18.4 Å². The molecule has 0 aliphatic heterocycles. The summed E-state index contributed by atoms with van der Waals surface area (Å²) in [6, 6.07) is 22.5. The third-order valence-corrected chi connectivity index (χ3v) is 5.71. The summed E-state index contributed by atoms with van der Waals surface area (Å²) in [4.78, 5) is 12.2. The highest BCUT2D eigenvalue weighted by Crippen LogP contribution is 2.18. The van der Waals surface area contributed by atoms with Gasteiger partial charge in [0.2, 0.25) is 5.91 Å². The number of hydrogen-bond acceptors (Lipinski definition) is 4. The van der Waals surface area contributed by atoms with Crippen molar-refractivity contribution in [1.82, 2.24) is 0 Å². The number of rotatable bonds is 9. The highest BCUT2D eigenvalue weighted by Gasteiger charge is 2.14. The van der Waals surface area contributed by atoms with E-state index in [1.54, 1.807) is 36.4 Å². The van der Waals surface area contributed by atoms with E-state index in [9.17, 15) is 13.2 Å². The van der Waals surface area contributed by atoms with E-state index in [2.05, 4.69) is 10.0 Å². The van der Waals surface area contributed by atoms with Gasteiger partial charge < -0.3 is 10.1 Å². The zero-order valence-electron chi connectivity index (χ0n) is 16.7. The zero-order valence-corrected chi connectivity index (χ0v) is 17.5. The van der Waals surface area contributed by atoms with E-state index in [0.717, 1.165) is 11.3 Å². The molecule has 1 amide bonds. The maximum atomic E-state index is 12.4. The van der Waals surface area contributed by atoms with Crippen LogP contribution in [0.2, 0.25) is 0 Å². The lowest BCUT2D eigenvalue weighted by molar-refractivity contribution is -0.116. The molecule has 0 heterocycles. The largest absolute Gasteiger partial charge is 0.494 e. The van der Waals surface area contributed by atoms with Gasteiger partial charge in [0.25, 0.3) is 10.0 Å². The molecule has 0 atom stereocenters. The fourth-order valence-corrected chi connectivity index (χ4v) is 3.78. The summed E-state index contributed by atoms with van der Waals surface area (Å²) in [6.07, 6.45) is 0.884. The first-order valence-corrected chi connectivity index (χ1v) is 11.1. The van der Waals surface area contributed by atoms with Crippen molar-refractivity contribution in [1.29, 1.82) is 0 Å². The second-order valence-corrected chi connectivity index (χ2v) is 8.49. The molecule has 0 fully saturated rings. The standard InChI is InChI=1S/C23H24N2O4S/c1-18-9-13-21(14-10-18)29-17-5-8-23(26)24-19-11-15-22(16-12-19)30(27,28)25-20-6-3-2-4-7-20/h2-4,6-7,9-16,25H,5,8,17H2,1H3,(H,24,26). The van der Waals surface area contributed by atoms with Crippen molar-refractivity contribution in [2.24, 2.45) is 0 Å². The number of ether oxygens (including phenoxy) is 1. The van der Waals surface area contributed by atoms with Crippen molar-refractivity contribution in [3.05, 3.63) is 84.4 Å². The second-order valence-electron chi connectivity index (χ2n) is 6.81. The van der Waals surface area contributed by atoms with Crippen LogP contribution in [0.4, 0.5) is 11.4 Å². The lowest BCUT2D eigenvalue weighted by Crippen LogP contribution is -2.14. The number of carbonyl (C=O) groups is 1. The summed E-state index contributed by atoms with van der Waals surface area (Å²) in [5.41, 5.74) is 2.19. The third-order valence-electron chi connectivity index (χ3n) is 4.31. The molecule has 3 aromatic rings. The van der Waals surface area contributed by atoms with E-state index >= 15 is 0 Å². The molecule has 3 aromatic carbocycles. The van der Waals surface area contributed by atoms with Crippen LogP contribution in [0, 0.1) is 6.92 Å². The maximum Gasteiger partial charge on any atom is 0.261 e. The van der Waals surface area contributed by atoms with Crippen LogP contribution in [0.5, 0.6) is 5.75 Å². The Hall–Kier alpha value is -3.32. The first-order chi connectivity index (χ1) is 14.4. The lowest BCUT2D eigenvalue weighted by Gasteiger charge is -2.10. The molecule has 0 spiro atoms. The van der Waals surface area contributed by atoms with Gasteiger partial charge in [0.1, 0.15) is 5.75 Å². The predicted octanol–water partition coefficient (Wildman–Crippen LogP) is 4.59. The van der Waals surface area contributed by atoms with E-state index in [0.29, 0.717) is 30.8 Å². The van der Waals surface area contributed by atoms with Crippen molar-refractivity contribution in [2.75, 3.05) is 16.6 Å². The van der Waals surface area contributed by atoms with Gasteiger partial charge in [-0.2, -0.15) is 0 Å². The Labute approximate surface area is 177 Å². The Balaban J connectivity index is 1.46. The summed E-state index contributed by atoms with van der Waals surface area (Å²) < 4.78 is 33.0. The van der Waals surface area contributed by atoms with Gasteiger partial charge in [-0.05, 0) is 61.9 Å². The van der Waals surface area contributed by atoms with Crippen molar-refractivity contribution < 1.29 is 17.9 Å². The average molecular weight is 425 g/mol. The highest BCUT2D eigenvalue weighted by atomic mass is 32.2. The lowest BCUT2D eigenvalue weighted by atomic mass is 10.2. The van der Waals surface area contributed by atoms with Crippen LogP contribution in [-0.2, 0) is 14.8 Å². The number of sulfonamides is 1. The molecule has 0 radical (unpaired) electrons. The van der Waals surface area contributed by atoms with Gasteiger partial charge in [0.05, 0.1) is 11.5 Å². The number of anilines is 2. The number of carbonyl (C=O) groups excluding carboxylic acids is 1. The molecular weight excluding hydrogens is 400 g/mol. The number of aryl methyl sites for hydroxylation is 1. The summed E-state index contributed by atoms with van der Waals surface area (Å²) in [7, 11) is -3.68. The number of benzene rings is 3. The van der Waals surface area contributed by atoms with Gasteiger partial charge in [-0.3, -0.25) is 9.52 Å². The van der Waals surface area contributed by atoms with Crippen molar-refractivity contribution in [3.8, 4) is 5.75 Å². The van der Waals surface area contributed by atoms with Crippen LogP contribution in [0.25, 0.3) is 0 Å². The van der Waals surface area contributed by atoms with Gasteiger partial charge in [-0.1, -0.05) is 35.9 Å². The smallest absolute Gasteiger partial charge is 0.261 e. The molecule has 2 N–H and O–H groups in total. The van der Waals surface area contributed by atoms with Gasteiger partial charge in [-0.15, -0.1) is 0 Å². The number of amides is 1. The minimum atomic E-state index is -3.68. The van der Waals surface area contributed by atoms with E-state index < -0.39 is 10.0 Å². The van der Waals surface area contributed by atoms with Crippen LogP contribution in [0.15, 0.2) is 83.8 Å². The van der Waals surface area contributed by atoms with Crippen LogP contribution < -0.4 is 14.8 Å². The fourth-order valence-electron chi connectivity index (χ4n) is 2.72. The minimum absolute atomic E-state index is 0.121. The molecule has 0 aliphatic rings. The molecule has 3 rings (SSSR count). The van der Waals surface area contributed by atoms with Gasteiger partial charge in [0.15, 0.2) is 0 Å². The Morgan fingerprint density at radius 1 is 0.867 bits per heavy atom. The van der Waals surface area contributed by atoms with Crippen molar-refractivity contribution >= 4 is 27.3 Å². The maximum absolute atomic E-state index is 12.4. The molecule has 0 saturated heterocycles. The number of hydrogen-bond donors (Lipinski definition) is 2. The summed E-state index contributed by atoms with van der Waals surface area (Å²) in [5, 5.41) is 2.77. The highest BCUT2D eigenvalue weighted by molar-refractivity contribution is 7.92. The SMILES string of the molecule is Cc1ccc(OCCCC(=O)Nc2ccc(S(=O)(=O)Nc3ccccc3)cc2)cc1. The molecule has 0 bridgehead atoms. The quantitative estimate of drug-likeness (QED) is 0.492. The summed E-state index contributed by atoms with van der Waals surface area (Å²) in [5.74, 6) is 0.627. The van der Waals surface area contributed by atoms with E-state index in [1.807, 2.05) is 37.3 Å². The topological polar surface area (TPSA) is 84.5 Å². The van der Waals surface area contributed by atoms with E-state index in [-0.39, 0.29) is 10.8 Å². The molecule has 0 unspecified atom stereocenters. The predicted molar refractivity (Wildman–Crippen MR) is 118 cm³/mol. The number of para-hydroxylation sites is 1. The molecule has 6 nitrogen and oxygen atoms in total. The van der Waals surface area contributed by atoms with Gasteiger partial charge in [0, 0.05) is 17.8 Å². The monoisotopic (exact) mass is 424 g/mol. The fraction of sp³-hybridized carbons (Fsp3) is 0.174. The van der Waals surface area contributed by atoms with Crippen molar-refractivity contribution in [3.63, 3.8) is 0 Å². The Kier molecular flexibility index (Phi) is 7.08. The zero-order chi connectivity index (χ0) is 21.4.